The molecule has 9 heteroatoms. The molecule has 0 aliphatic carbocycles. The first-order valence-corrected chi connectivity index (χ1v) is 7.55. The molecule has 122 valence electrons. The van der Waals surface area contributed by atoms with E-state index in [2.05, 4.69) is 15.3 Å². The van der Waals surface area contributed by atoms with E-state index in [9.17, 15) is 10.1 Å². The number of hydrogen-bond donors (Lipinski definition) is 1. The van der Waals surface area contributed by atoms with Crippen LogP contribution >= 0.6 is 12.2 Å². The minimum Gasteiger partial charge on any atom is -0.455 e. The molecule has 0 fully saturated rings. The molecular weight excluding hydrogens is 330 g/mol. The standard InChI is InChI=1S/C15H13N5O3S/c1-2-14-17-18-15(24)19(14)16-9-10-7-8-13(23-10)11-5-3-4-6-12(11)20(21)22/h3-9H,2H2,1H3,(H,18,24)/b16-9+. The predicted molar refractivity (Wildman–Crippen MR) is 90.6 cm³/mol. The SMILES string of the molecule is CCc1n[nH]c(=S)n1/N=C/c1ccc(-c2ccccc2[N+](=O)[O-])o1. The quantitative estimate of drug-likeness (QED) is 0.330. The molecular formula is C15H13N5O3S. The maximum atomic E-state index is 11.1. The van der Waals surface area contributed by atoms with Gasteiger partial charge in [0.1, 0.15) is 11.5 Å². The summed E-state index contributed by atoms with van der Waals surface area (Å²) in [6, 6.07) is 9.75. The molecule has 3 aromatic rings. The van der Waals surface area contributed by atoms with Crippen LogP contribution in [-0.4, -0.2) is 26.0 Å². The average Bonchev–Trinajstić information content (AvgIpc) is 3.19. The molecule has 1 aromatic carbocycles. The lowest BCUT2D eigenvalue weighted by atomic mass is 10.1. The van der Waals surface area contributed by atoms with Crippen LogP contribution in [0.4, 0.5) is 5.69 Å². The molecule has 0 saturated heterocycles. The fraction of sp³-hybridized carbons (Fsp3) is 0.133. The van der Waals surface area contributed by atoms with Crippen LogP contribution in [0, 0.1) is 14.9 Å². The Morgan fingerprint density at radius 1 is 1.42 bits per heavy atom. The Labute approximate surface area is 141 Å². The zero-order valence-electron chi connectivity index (χ0n) is 12.7. The van der Waals surface area contributed by atoms with Crippen molar-refractivity contribution in [3.63, 3.8) is 0 Å². The summed E-state index contributed by atoms with van der Waals surface area (Å²) < 4.78 is 7.53. The summed E-state index contributed by atoms with van der Waals surface area (Å²) in [6.45, 7) is 1.94. The fourth-order valence-electron chi connectivity index (χ4n) is 2.20. The number of nitro groups is 1. The summed E-state index contributed by atoms with van der Waals surface area (Å²) in [7, 11) is 0. The van der Waals surface area contributed by atoms with Gasteiger partial charge in [-0.25, -0.2) is 0 Å². The topological polar surface area (TPSA) is 102 Å². The minimum atomic E-state index is -0.441. The number of H-pyrrole nitrogens is 1. The Morgan fingerprint density at radius 2 is 2.21 bits per heavy atom. The first-order valence-electron chi connectivity index (χ1n) is 7.14. The third kappa shape index (κ3) is 3.01. The molecule has 3 rings (SSSR count). The monoisotopic (exact) mass is 343 g/mol. The summed E-state index contributed by atoms with van der Waals surface area (Å²) >= 11 is 5.11. The average molecular weight is 343 g/mol. The molecule has 0 atom stereocenters. The van der Waals surface area contributed by atoms with E-state index < -0.39 is 4.92 Å². The van der Waals surface area contributed by atoms with Crippen molar-refractivity contribution in [2.75, 3.05) is 0 Å². The first-order chi connectivity index (χ1) is 11.6. The molecule has 0 unspecified atom stereocenters. The van der Waals surface area contributed by atoms with Crippen molar-refractivity contribution < 1.29 is 9.34 Å². The molecule has 24 heavy (non-hydrogen) atoms. The van der Waals surface area contributed by atoms with Gasteiger partial charge in [-0.3, -0.25) is 15.2 Å². The Hall–Kier alpha value is -3.07. The largest absolute Gasteiger partial charge is 0.455 e. The molecule has 1 N–H and O–H groups in total. The minimum absolute atomic E-state index is 0.0133. The number of nitrogens with zero attached hydrogens (tertiary/aromatic N) is 4. The van der Waals surface area contributed by atoms with Gasteiger partial charge in [-0.2, -0.15) is 14.9 Å². The molecule has 0 radical (unpaired) electrons. The van der Waals surface area contributed by atoms with E-state index in [1.807, 2.05) is 6.92 Å². The molecule has 8 nitrogen and oxygen atoms in total. The number of nitro benzene ring substituents is 1. The van der Waals surface area contributed by atoms with Crippen LogP contribution < -0.4 is 0 Å². The summed E-state index contributed by atoms with van der Waals surface area (Å²) in [4.78, 5) is 10.7. The second-order valence-corrected chi connectivity index (χ2v) is 5.22. The summed E-state index contributed by atoms with van der Waals surface area (Å²) in [5, 5.41) is 22.1. The highest BCUT2D eigenvalue weighted by Gasteiger charge is 2.16. The normalized spacial score (nSPS) is 11.2. The van der Waals surface area contributed by atoms with Gasteiger partial charge in [0.25, 0.3) is 5.69 Å². The highest BCUT2D eigenvalue weighted by molar-refractivity contribution is 7.71. The van der Waals surface area contributed by atoms with Gasteiger partial charge in [0.15, 0.2) is 5.82 Å². The third-order valence-electron chi connectivity index (χ3n) is 3.33. The van der Waals surface area contributed by atoms with Crippen LogP contribution in [0.1, 0.15) is 18.5 Å². The summed E-state index contributed by atoms with van der Waals surface area (Å²) in [5.74, 6) is 1.55. The molecule has 0 spiro atoms. The van der Waals surface area contributed by atoms with Gasteiger partial charge in [0, 0.05) is 12.5 Å². The lowest BCUT2D eigenvalue weighted by Crippen LogP contribution is -1.96. The lowest BCUT2D eigenvalue weighted by molar-refractivity contribution is -0.384. The van der Waals surface area contributed by atoms with E-state index in [0.29, 0.717) is 34.1 Å². The number of aromatic amines is 1. The van der Waals surface area contributed by atoms with E-state index >= 15 is 0 Å². The van der Waals surface area contributed by atoms with Crippen LogP contribution in [0.5, 0.6) is 0 Å². The highest BCUT2D eigenvalue weighted by atomic mass is 32.1. The van der Waals surface area contributed by atoms with Crippen LogP contribution in [0.3, 0.4) is 0 Å². The van der Waals surface area contributed by atoms with Crippen LogP contribution in [0.25, 0.3) is 11.3 Å². The van der Waals surface area contributed by atoms with Gasteiger partial charge >= 0.3 is 0 Å². The Balaban J connectivity index is 1.92. The second-order valence-electron chi connectivity index (χ2n) is 4.83. The lowest BCUT2D eigenvalue weighted by Gasteiger charge is -1.98. The zero-order chi connectivity index (χ0) is 17.1. The Bertz CT molecular complexity index is 969. The van der Waals surface area contributed by atoms with E-state index in [1.54, 1.807) is 30.3 Å². The summed E-state index contributed by atoms with van der Waals surface area (Å²) in [6.07, 6.45) is 2.16. The van der Waals surface area contributed by atoms with Gasteiger partial charge in [-0.05, 0) is 30.4 Å². The maximum Gasteiger partial charge on any atom is 0.280 e. The van der Waals surface area contributed by atoms with Crippen molar-refractivity contribution in [2.45, 2.75) is 13.3 Å². The van der Waals surface area contributed by atoms with Crippen LogP contribution in [-0.2, 0) is 6.42 Å². The summed E-state index contributed by atoms with van der Waals surface area (Å²) in [5.41, 5.74) is 0.400. The van der Waals surface area contributed by atoms with Gasteiger partial charge in [-0.1, -0.05) is 19.1 Å². The number of aryl methyl sites for hydroxylation is 1. The molecule has 0 amide bonds. The van der Waals surface area contributed by atoms with Crippen LogP contribution in [0.15, 0.2) is 45.9 Å². The van der Waals surface area contributed by atoms with E-state index in [4.69, 9.17) is 16.6 Å². The molecule has 0 bridgehead atoms. The van der Waals surface area contributed by atoms with Gasteiger partial charge in [0.05, 0.1) is 16.7 Å². The highest BCUT2D eigenvalue weighted by Crippen LogP contribution is 2.30. The van der Waals surface area contributed by atoms with E-state index in [0.717, 1.165) is 0 Å². The molecule has 2 heterocycles. The Morgan fingerprint density at radius 3 is 2.96 bits per heavy atom. The number of rotatable bonds is 5. The smallest absolute Gasteiger partial charge is 0.280 e. The number of para-hydroxylation sites is 1. The Kier molecular flexibility index (Phi) is 4.34. The molecule has 0 aliphatic rings. The van der Waals surface area contributed by atoms with Crippen molar-refractivity contribution in [2.24, 2.45) is 5.10 Å². The van der Waals surface area contributed by atoms with Crippen molar-refractivity contribution in [3.05, 3.63) is 62.9 Å². The van der Waals surface area contributed by atoms with Gasteiger partial charge < -0.3 is 4.42 Å². The van der Waals surface area contributed by atoms with Gasteiger partial charge in [0.2, 0.25) is 4.77 Å². The zero-order valence-corrected chi connectivity index (χ0v) is 13.5. The predicted octanol–water partition coefficient (Wildman–Crippen LogP) is 3.55. The number of hydrogen-bond acceptors (Lipinski definition) is 6. The van der Waals surface area contributed by atoms with Gasteiger partial charge in [-0.15, -0.1) is 0 Å². The van der Waals surface area contributed by atoms with Crippen LogP contribution in [0.2, 0.25) is 0 Å². The molecule has 2 aromatic heterocycles. The second kappa shape index (κ2) is 6.59. The van der Waals surface area contributed by atoms with E-state index in [-0.39, 0.29) is 5.69 Å². The molecule has 0 saturated carbocycles. The number of nitrogens with one attached hydrogen (secondary N) is 1. The van der Waals surface area contributed by atoms with Crippen molar-refractivity contribution in [1.82, 2.24) is 14.9 Å². The number of furan rings is 1. The van der Waals surface area contributed by atoms with Crippen molar-refractivity contribution in [3.8, 4) is 11.3 Å². The van der Waals surface area contributed by atoms with Crippen molar-refractivity contribution in [1.29, 1.82) is 0 Å². The number of benzene rings is 1. The van der Waals surface area contributed by atoms with Crippen molar-refractivity contribution >= 4 is 24.1 Å². The first kappa shape index (κ1) is 15.8. The molecule has 0 aliphatic heterocycles. The maximum absolute atomic E-state index is 11.1. The fourth-order valence-corrected chi connectivity index (χ4v) is 2.39. The number of aromatic nitrogens is 3. The van der Waals surface area contributed by atoms with E-state index in [1.165, 1.54) is 17.0 Å². The third-order valence-corrected chi connectivity index (χ3v) is 3.59.